The number of nitriles is 1. The number of hydrogen-bond acceptors (Lipinski definition) is 4. The molecule has 0 heterocycles. The summed E-state index contributed by atoms with van der Waals surface area (Å²) in [6, 6.07) is 15.7. The van der Waals surface area contributed by atoms with Gasteiger partial charge >= 0.3 is 0 Å². The molecule has 0 aromatic heterocycles. The number of nitrogens with zero attached hydrogens (tertiary/aromatic N) is 1. The van der Waals surface area contributed by atoms with E-state index in [1.54, 1.807) is 48.5 Å². The van der Waals surface area contributed by atoms with Gasteiger partial charge in [-0.3, -0.25) is 4.79 Å². The molecule has 2 aromatic carbocycles. The highest BCUT2D eigenvalue weighted by Crippen LogP contribution is 2.17. The van der Waals surface area contributed by atoms with Crippen molar-refractivity contribution >= 4 is 11.6 Å². The van der Waals surface area contributed by atoms with Gasteiger partial charge in [-0.15, -0.1) is 0 Å². The highest BCUT2D eigenvalue weighted by molar-refractivity contribution is 5.92. The van der Waals surface area contributed by atoms with E-state index in [1.807, 2.05) is 6.07 Å². The fourth-order valence-corrected chi connectivity index (χ4v) is 1.79. The Labute approximate surface area is 122 Å². The molecule has 5 nitrogen and oxygen atoms in total. The van der Waals surface area contributed by atoms with Gasteiger partial charge in [-0.1, -0.05) is 30.3 Å². The van der Waals surface area contributed by atoms with Crippen LogP contribution in [0.3, 0.4) is 0 Å². The molecule has 0 saturated heterocycles. The highest BCUT2D eigenvalue weighted by atomic mass is 16.5. The molecule has 2 rings (SSSR count). The second kappa shape index (κ2) is 7.08. The van der Waals surface area contributed by atoms with Crippen LogP contribution in [-0.2, 0) is 11.4 Å². The summed E-state index contributed by atoms with van der Waals surface area (Å²) >= 11 is 0. The number of rotatable bonds is 5. The molecule has 21 heavy (non-hydrogen) atoms. The molecule has 0 aliphatic carbocycles. The molecular weight excluding hydrogens is 268 g/mol. The summed E-state index contributed by atoms with van der Waals surface area (Å²) in [6.07, 6.45) is 0. The zero-order valence-electron chi connectivity index (χ0n) is 11.2. The van der Waals surface area contributed by atoms with Gasteiger partial charge in [-0.2, -0.15) is 5.26 Å². The van der Waals surface area contributed by atoms with Gasteiger partial charge in [0.05, 0.1) is 12.2 Å². The summed E-state index contributed by atoms with van der Waals surface area (Å²) in [5, 5.41) is 20.8. The largest absolute Gasteiger partial charge is 0.482 e. The minimum Gasteiger partial charge on any atom is -0.482 e. The molecule has 0 atom stereocenters. The summed E-state index contributed by atoms with van der Waals surface area (Å²) in [5.74, 6) is 0.00855. The zero-order valence-corrected chi connectivity index (χ0v) is 11.2. The topological polar surface area (TPSA) is 82.3 Å². The van der Waals surface area contributed by atoms with Gasteiger partial charge in [0.25, 0.3) is 5.91 Å². The molecule has 5 heteroatoms. The molecule has 0 spiro atoms. The van der Waals surface area contributed by atoms with Crippen LogP contribution in [0.2, 0.25) is 0 Å². The molecule has 0 aliphatic rings. The van der Waals surface area contributed by atoms with Crippen LogP contribution in [0.1, 0.15) is 11.1 Å². The number of anilines is 1. The van der Waals surface area contributed by atoms with E-state index in [4.69, 9.17) is 10.00 Å². The van der Waals surface area contributed by atoms with E-state index in [2.05, 4.69) is 5.32 Å². The normalized spacial score (nSPS) is 9.71. The Balaban J connectivity index is 1.98. The number of carbonyl (C=O) groups is 1. The van der Waals surface area contributed by atoms with Gasteiger partial charge in [0.1, 0.15) is 11.8 Å². The lowest BCUT2D eigenvalue weighted by Crippen LogP contribution is -2.21. The average molecular weight is 282 g/mol. The van der Waals surface area contributed by atoms with E-state index in [0.717, 1.165) is 0 Å². The van der Waals surface area contributed by atoms with Gasteiger partial charge in [0.2, 0.25) is 0 Å². The molecule has 0 bridgehead atoms. The fourth-order valence-electron chi connectivity index (χ4n) is 1.79. The lowest BCUT2D eigenvalue weighted by atomic mass is 10.2. The van der Waals surface area contributed by atoms with Crippen LogP contribution in [0, 0.1) is 11.3 Å². The van der Waals surface area contributed by atoms with Gasteiger partial charge in [0.15, 0.2) is 6.61 Å². The molecule has 1 amide bonds. The summed E-state index contributed by atoms with van der Waals surface area (Å²) in [7, 11) is 0. The van der Waals surface area contributed by atoms with Gasteiger partial charge in [-0.25, -0.2) is 0 Å². The highest BCUT2D eigenvalue weighted by Gasteiger charge is 2.08. The Morgan fingerprint density at radius 1 is 1.19 bits per heavy atom. The van der Waals surface area contributed by atoms with Crippen LogP contribution in [-0.4, -0.2) is 17.6 Å². The van der Waals surface area contributed by atoms with Crippen molar-refractivity contribution in [3.8, 4) is 11.8 Å². The van der Waals surface area contributed by atoms with Crippen molar-refractivity contribution in [2.45, 2.75) is 6.61 Å². The standard InChI is InChI=1S/C16H14N2O3/c17-9-12-5-2-4-8-15(12)21-11-16(20)18-14-7-3-1-6-13(14)10-19/h1-8,19H,10-11H2,(H,18,20). The van der Waals surface area contributed by atoms with Crippen LogP contribution in [0.15, 0.2) is 48.5 Å². The number of hydrogen-bond donors (Lipinski definition) is 2. The smallest absolute Gasteiger partial charge is 0.262 e. The van der Waals surface area contributed by atoms with E-state index in [-0.39, 0.29) is 19.1 Å². The van der Waals surface area contributed by atoms with Crippen molar-refractivity contribution in [2.24, 2.45) is 0 Å². The predicted octanol–water partition coefficient (Wildman–Crippen LogP) is 2.07. The lowest BCUT2D eigenvalue weighted by molar-refractivity contribution is -0.118. The number of aliphatic hydroxyl groups is 1. The van der Waals surface area contributed by atoms with E-state index in [1.165, 1.54) is 0 Å². The van der Waals surface area contributed by atoms with Crippen molar-refractivity contribution in [2.75, 3.05) is 11.9 Å². The SMILES string of the molecule is N#Cc1ccccc1OCC(=O)Nc1ccccc1CO. The first-order valence-corrected chi connectivity index (χ1v) is 6.35. The molecule has 0 unspecified atom stereocenters. The summed E-state index contributed by atoms with van der Waals surface area (Å²) < 4.78 is 5.34. The maximum absolute atomic E-state index is 11.9. The minimum atomic E-state index is -0.358. The second-order valence-corrected chi connectivity index (χ2v) is 4.26. The van der Waals surface area contributed by atoms with Crippen molar-refractivity contribution in [3.05, 3.63) is 59.7 Å². The summed E-state index contributed by atoms with van der Waals surface area (Å²) in [4.78, 5) is 11.9. The second-order valence-electron chi connectivity index (χ2n) is 4.26. The summed E-state index contributed by atoms with van der Waals surface area (Å²) in [6.45, 7) is -0.368. The molecule has 2 N–H and O–H groups in total. The number of nitrogens with one attached hydrogen (secondary N) is 1. The monoisotopic (exact) mass is 282 g/mol. The van der Waals surface area contributed by atoms with Crippen LogP contribution in [0.25, 0.3) is 0 Å². The number of amides is 1. The summed E-state index contributed by atoms with van der Waals surface area (Å²) in [5.41, 5.74) is 1.55. The Morgan fingerprint density at radius 2 is 1.90 bits per heavy atom. The van der Waals surface area contributed by atoms with Crippen molar-refractivity contribution in [3.63, 3.8) is 0 Å². The van der Waals surface area contributed by atoms with E-state index in [9.17, 15) is 9.90 Å². The van der Waals surface area contributed by atoms with Gasteiger partial charge < -0.3 is 15.2 Å². The van der Waals surface area contributed by atoms with Crippen molar-refractivity contribution in [1.29, 1.82) is 5.26 Å². The van der Waals surface area contributed by atoms with Crippen LogP contribution >= 0.6 is 0 Å². The third-order valence-corrected chi connectivity index (χ3v) is 2.83. The first-order chi connectivity index (χ1) is 10.2. The molecule has 106 valence electrons. The third-order valence-electron chi connectivity index (χ3n) is 2.83. The van der Waals surface area contributed by atoms with Crippen LogP contribution in [0.5, 0.6) is 5.75 Å². The molecule has 0 aliphatic heterocycles. The molecule has 0 fully saturated rings. The fraction of sp³-hybridized carbons (Fsp3) is 0.125. The first-order valence-electron chi connectivity index (χ1n) is 6.35. The number of aliphatic hydroxyl groups excluding tert-OH is 1. The first kappa shape index (κ1) is 14.6. The van der Waals surface area contributed by atoms with Gasteiger partial charge in [-0.05, 0) is 18.2 Å². The molecule has 2 aromatic rings. The Morgan fingerprint density at radius 3 is 2.67 bits per heavy atom. The van der Waals surface area contributed by atoms with E-state index in [0.29, 0.717) is 22.6 Å². The number of benzene rings is 2. The zero-order chi connectivity index (χ0) is 15.1. The van der Waals surface area contributed by atoms with Gasteiger partial charge in [0, 0.05) is 11.3 Å². The number of para-hydroxylation sites is 2. The molecule has 0 radical (unpaired) electrons. The maximum Gasteiger partial charge on any atom is 0.262 e. The van der Waals surface area contributed by atoms with E-state index < -0.39 is 0 Å². The Bertz CT molecular complexity index is 677. The van der Waals surface area contributed by atoms with E-state index >= 15 is 0 Å². The minimum absolute atomic E-state index is 0.158. The predicted molar refractivity (Wildman–Crippen MR) is 77.6 cm³/mol. The Hall–Kier alpha value is -2.84. The average Bonchev–Trinajstić information content (AvgIpc) is 2.53. The quantitative estimate of drug-likeness (QED) is 0.879. The molecular formula is C16H14N2O3. The Kier molecular flexibility index (Phi) is 4.91. The number of ether oxygens (including phenoxy) is 1. The lowest BCUT2D eigenvalue weighted by Gasteiger charge is -2.10. The van der Waals surface area contributed by atoms with Crippen LogP contribution < -0.4 is 10.1 Å². The maximum atomic E-state index is 11.9. The third kappa shape index (κ3) is 3.81. The van der Waals surface area contributed by atoms with Crippen LogP contribution in [0.4, 0.5) is 5.69 Å². The van der Waals surface area contributed by atoms with Crippen molar-refractivity contribution in [1.82, 2.24) is 0 Å². The molecule has 0 saturated carbocycles. The number of carbonyl (C=O) groups excluding carboxylic acids is 1. The van der Waals surface area contributed by atoms with Crippen molar-refractivity contribution < 1.29 is 14.6 Å².